The Balaban J connectivity index is 1.66. The van der Waals surface area contributed by atoms with Crippen LogP contribution >= 0.6 is 0 Å². The highest BCUT2D eigenvalue weighted by Crippen LogP contribution is 2.30. The van der Waals surface area contributed by atoms with Crippen molar-refractivity contribution in [3.8, 4) is 0 Å². The number of carbonyl (C=O) groups is 1. The molecule has 1 aromatic rings. The van der Waals surface area contributed by atoms with Crippen molar-refractivity contribution in [3.63, 3.8) is 0 Å². The first-order valence-electron chi connectivity index (χ1n) is 9.85. The average Bonchev–Trinajstić information content (AvgIpc) is 2.66. The van der Waals surface area contributed by atoms with Gasteiger partial charge in [0.25, 0.3) is 0 Å². The highest BCUT2D eigenvalue weighted by atomic mass is 32.2. The third-order valence-corrected chi connectivity index (χ3v) is 8.12. The van der Waals surface area contributed by atoms with Crippen LogP contribution in [0.25, 0.3) is 0 Å². The van der Waals surface area contributed by atoms with Crippen LogP contribution in [0.15, 0.2) is 29.2 Å². The minimum atomic E-state index is -3.71. The van der Waals surface area contributed by atoms with E-state index < -0.39 is 15.8 Å². The van der Waals surface area contributed by atoms with Gasteiger partial charge in [-0.3, -0.25) is 4.79 Å². The van der Waals surface area contributed by atoms with Gasteiger partial charge in [0, 0.05) is 19.1 Å². The van der Waals surface area contributed by atoms with Crippen LogP contribution in [0.2, 0.25) is 0 Å². The second-order valence-corrected chi connectivity index (χ2v) is 9.98. The van der Waals surface area contributed by atoms with Gasteiger partial charge in [0.1, 0.15) is 5.82 Å². The number of carbonyl (C=O) groups excluding carboxylic acids is 1. The van der Waals surface area contributed by atoms with E-state index in [2.05, 4.69) is 19.2 Å². The first-order valence-corrected chi connectivity index (χ1v) is 11.3. The van der Waals surface area contributed by atoms with E-state index in [4.69, 9.17) is 0 Å². The van der Waals surface area contributed by atoms with E-state index in [-0.39, 0.29) is 29.3 Å². The fraction of sp³-hybridized carbons (Fsp3) is 0.650. The number of nitrogens with one attached hydrogen (secondary N) is 1. The number of sulfonamides is 1. The van der Waals surface area contributed by atoms with Crippen LogP contribution in [0.4, 0.5) is 4.39 Å². The number of hydrogen-bond acceptors (Lipinski definition) is 3. The molecule has 1 saturated carbocycles. The van der Waals surface area contributed by atoms with Gasteiger partial charge in [-0.05, 0) is 55.4 Å². The Labute approximate surface area is 161 Å². The molecular weight excluding hydrogens is 367 g/mol. The topological polar surface area (TPSA) is 66.5 Å². The molecule has 1 aromatic carbocycles. The molecule has 1 saturated heterocycles. The smallest absolute Gasteiger partial charge is 0.243 e. The molecule has 5 nitrogen and oxygen atoms in total. The zero-order chi connectivity index (χ0) is 19.6. The molecule has 4 atom stereocenters. The van der Waals surface area contributed by atoms with E-state index in [0.717, 1.165) is 25.0 Å². The minimum Gasteiger partial charge on any atom is -0.353 e. The van der Waals surface area contributed by atoms with E-state index in [1.807, 2.05) is 0 Å². The average molecular weight is 397 g/mol. The van der Waals surface area contributed by atoms with Crippen LogP contribution in [-0.4, -0.2) is 37.8 Å². The van der Waals surface area contributed by atoms with E-state index >= 15 is 0 Å². The summed E-state index contributed by atoms with van der Waals surface area (Å²) in [5, 5.41) is 3.18. The molecule has 150 valence electrons. The summed E-state index contributed by atoms with van der Waals surface area (Å²) in [6.07, 6.45) is 4.64. The number of rotatable bonds is 4. The third kappa shape index (κ3) is 4.51. The van der Waals surface area contributed by atoms with Crippen molar-refractivity contribution in [1.82, 2.24) is 9.62 Å². The Hall–Kier alpha value is -1.47. The van der Waals surface area contributed by atoms with Gasteiger partial charge in [0.05, 0.1) is 10.8 Å². The largest absolute Gasteiger partial charge is 0.353 e. The zero-order valence-electron chi connectivity index (χ0n) is 16.0. The Morgan fingerprint density at radius 1 is 1.11 bits per heavy atom. The summed E-state index contributed by atoms with van der Waals surface area (Å²) in [6.45, 7) is 4.98. The summed E-state index contributed by atoms with van der Waals surface area (Å²) in [4.78, 5) is 12.9. The molecule has 1 aliphatic heterocycles. The van der Waals surface area contributed by atoms with Gasteiger partial charge < -0.3 is 5.32 Å². The third-order valence-electron chi connectivity index (χ3n) is 6.24. The van der Waals surface area contributed by atoms with E-state index in [1.54, 1.807) is 0 Å². The van der Waals surface area contributed by atoms with Crippen molar-refractivity contribution < 1.29 is 17.6 Å². The Morgan fingerprint density at radius 3 is 2.52 bits per heavy atom. The lowest BCUT2D eigenvalue weighted by Crippen LogP contribution is -2.50. The molecule has 4 unspecified atom stereocenters. The minimum absolute atomic E-state index is 0.0417. The van der Waals surface area contributed by atoms with E-state index in [0.29, 0.717) is 31.2 Å². The summed E-state index contributed by atoms with van der Waals surface area (Å²) in [5.41, 5.74) is 0. The lowest BCUT2D eigenvalue weighted by atomic mass is 9.78. The highest BCUT2D eigenvalue weighted by molar-refractivity contribution is 7.89. The lowest BCUT2D eigenvalue weighted by molar-refractivity contribution is -0.127. The van der Waals surface area contributed by atoms with Crippen molar-refractivity contribution in [2.75, 3.05) is 13.1 Å². The Morgan fingerprint density at radius 2 is 1.81 bits per heavy atom. The van der Waals surface area contributed by atoms with Crippen molar-refractivity contribution in [1.29, 1.82) is 0 Å². The summed E-state index contributed by atoms with van der Waals surface area (Å²) in [6, 6.07) is 5.02. The van der Waals surface area contributed by atoms with Crippen LogP contribution in [0.3, 0.4) is 0 Å². The second-order valence-electron chi connectivity index (χ2n) is 8.04. The molecule has 27 heavy (non-hydrogen) atoms. The molecule has 1 amide bonds. The fourth-order valence-corrected chi connectivity index (χ4v) is 5.74. The van der Waals surface area contributed by atoms with Gasteiger partial charge in [0.2, 0.25) is 15.9 Å². The van der Waals surface area contributed by atoms with Gasteiger partial charge in [-0.15, -0.1) is 0 Å². The summed E-state index contributed by atoms with van der Waals surface area (Å²) in [5.74, 6) is 0.176. The van der Waals surface area contributed by atoms with Crippen LogP contribution < -0.4 is 5.32 Å². The van der Waals surface area contributed by atoms with Crippen LogP contribution in [0.5, 0.6) is 0 Å². The first-order chi connectivity index (χ1) is 12.8. The van der Waals surface area contributed by atoms with Crippen LogP contribution in [0, 0.1) is 23.6 Å². The van der Waals surface area contributed by atoms with Crippen LogP contribution in [-0.2, 0) is 14.8 Å². The zero-order valence-corrected chi connectivity index (χ0v) is 16.8. The Bertz CT molecular complexity index is 766. The number of amides is 1. The van der Waals surface area contributed by atoms with Crippen molar-refractivity contribution in [3.05, 3.63) is 30.1 Å². The molecule has 0 aromatic heterocycles. The van der Waals surface area contributed by atoms with Crippen molar-refractivity contribution >= 4 is 15.9 Å². The second kappa shape index (κ2) is 8.27. The summed E-state index contributed by atoms with van der Waals surface area (Å²) < 4.78 is 40.1. The monoisotopic (exact) mass is 396 g/mol. The van der Waals surface area contributed by atoms with Gasteiger partial charge in [-0.25, -0.2) is 12.8 Å². The number of benzene rings is 1. The number of nitrogens with zero attached hydrogens (tertiary/aromatic N) is 1. The number of hydrogen-bond donors (Lipinski definition) is 1. The SMILES string of the molecule is CC1CCCC(NC(=O)C2CCCN(S(=O)(=O)c3ccc(F)cc3)C2)C1C. The summed E-state index contributed by atoms with van der Waals surface area (Å²) >= 11 is 0. The first kappa shape index (κ1) is 20.3. The maximum atomic E-state index is 13.1. The fourth-order valence-electron chi connectivity index (χ4n) is 4.22. The summed E-state index contributed by atoms with van der Waals surface area (Å²) in [7, 11) is -3.71. The van der Waals surface area contributed by atoms with Gasteiger partial charge in [-0.1, -0.05) is 26.7 Å². The molecule has 7 heteroatoms. The molecule has 1 heterocycles. The molecule has 0 spiro atoms. The highest BCUT2D eigenvalue weighted by Gasteiger charge is 2.35. The van der Waals surface area contributed by atoms with Gasteiger partial charge in [-0.2, -0.15) is 4.31 Å². The molecular formula is C20H29FN2O3S. The molecule has 2 aliphatic rings. The normalized spacial score (nSPS) is 30.0. The Kier molecular flexibility index (Phi) is 6.21. The molecule has 3 rings (SSSR count). The van der Waals surface area contributed by atoms with Crippen LogP contribution in [0.1, 0.15) is 46.0 Å². The lowest BCUT2D eigenvalue weighted by Gasteiger charge is -2.37. The van der Waals surface area contributed by atoms with E-state index in [9.17, 15) is 17.6 Å². The van der Waals surface area contributed by atoms with Gasteiger partial charge >= 0.3 is 0 Å². The van der Waals surface area contributed by atoms with E-state index in [1.165, 1.54) is 22.9 Å². The molecule has 0 radical (unpaired) electrons. The maximum absolute atomic E-state index is 13.1. The maximum Gasteiger partial charge on any atom is 0.243 e. The number of piperidine rings is 1. The number of halogens is 1. The molecule has 1 aliphatic carbocycles. The predicted octanol–water partition coefficient (Wildman–Crippen LogP) is 3.17. The standard InChI is InChI=1S/C20H29FN2O3S/c1-14-5-3-7-19(15(14)2)22-20(24)16-6-4-12-23(13-16)27(25,26)18-10-8-17(21)9-11-18/h8-11,14-16,19H,3-7,12-13H2,1-2H3,(H,22,24). The quantitative estimate of drug-likeness (QED) is 0.850. The van der Waals surface area contributed by atoms with Crippen molar-refractivity contribution in [2.45, 2.75) is 56.9 Å². The van der Waals surface area contributed by atoms with Gasteiger partial charge in [0.15, 0.2) is 0 Å². The molecule has 2 fully saturated rings. The predicted molar refractivity (Wildman–Crippen MR) is 102 cm³/mol. The molecule has 0 bridgehead atoms. The molecule has 1 N–H and O–H groups in total. The van der Waals surface area contributed by atoms with Crippen molar-refractivity contribution in [2.24, 2.45) is 17.8 Å².